The molecule has 0 unspecified atom stereocenters. The van der Waals surface area contributed by atoms with E-state index in [0.29, 0.717) is 11.3 Å². The molecule has 0 bridgehead atoms. The number of hydrogen-bond acceptors (Lipinski definition) is 1. The van der Waals surface area contributed by atoms with E-state index in [9.17, 15) is 13.2 Å². The Morgan fingerprint density at radius 3 is 2.32 bits per heavy atom. The lowest BCUT2D eigenvalue weighted by Gasteiger charge is -2.10. The predicted octanol–water partition coefficient (Wildman–Crippen LogP) is 5.92. The second kappa shape index (κ2) is 5.77. The molecule has 0 amide bonds. The zero-order chi connectivity index (χ0) is 17.4. The molecule has 4 rings (SSSR count). The summed E-state index contributed by atoms with van der Waals surface area (Å²) in [5.41, 5.74) is 3.15. The molecule has 2 aromatic heterocycles. The standard InChI is InChI=1S/C20H13F3N2/c21-20(22,23)15-5-3-4-14(12-15)19-18(13-8-10-24-11-9-13)16-6-1-2-7-17(16)25-19/h1-12,25H. The summed E-state index contributed by atoms with van der Waals surface area (Å²) < 4.78 is 39.3. The topological polar surface area (TPSA) is 28.7 Å². The monoisotopic (exact) mass is 338 g/mol. The van der Waals surface area contributed by atoms with Gasteiger partial charge in [-0.05, 0) is 41.5 Å². The lowest BCUT2D eigenvalue weighted by atomic mass is 9.98. The van der Waals surface area contributed by atoms with Crippen LogP contribution in [0.25, 0.3) is 33.3 Å². The molecule has 0 aliphatic rings. The summed E-state index contributed by atoms with van der Waals surface area (Å²) in [5.74, 6) is 0. The highest BCUT2D eigenvalue weighted by Crippen LogP contribution is 2.39. The number of aromatic amines is 1. The van der Waals surface area contributed by atoms with Crippen molar-refractivity contribution in [2.75, 3.05) is 0 Å². The Morgan fingerprint density at radius 1 is 0.800 bits per heavy atom. The summed E-state index contributed by atoms with van der Waals surface area (Å²) in [4.78, 5) is 7.30. The molecular weight excluding hydrogens is 325 g/mol. The number of aromatic nitrogens is 2. The van der Waals surface area contributed by atoms with E-state index >= 15 is 0 Å². The minimum atomic E-state index is -4.38. The van der Waals surface area contributed by atoms with Gasteiger partial charge in [0.1, 0.15) is 0 Å². The molecule has 2 aromatic carbocycles. The van der Waals surface area contributed by atoms with Gasteiger partial charge in [0.15, 0.2) is 0 Å². The highest BCUT2D eigenvalue weighted by molar-refractivity contribution is 6.03. The third-order valence-electron chi connectivity index (χ3n) is 4.15. The largest absolute Gasteiger partial charge is 0.416 e. The number of nitrogens with zero attached hydrogens (tertiary/aromatic N) is 1. The van der Waals surface area contributed by atoms with Crippen molar-refractivity contribution >= 4 is 10.9 Å². The molecule has 0 fully saturated rings. The molecule has 2 nitrogen and oxygen atoms in total. The van der Waals surface area contributed by atoms with Crippen molar-refractivity contribution in [3.63, 3.8) is 0 Å². The van der Waals surface area contributed by atoms with Crippen LogP contribution in [-0.2, 0) is 6.18 Å². The first-order chi connectivity index (χ1) is 12.0. The average Bonchev–Trinajstić information content (AvgIpc) is 3.01. The van der Waals surface area contributed by atoms with E-state index in [1.54, 1.807) is 18.5 Å². The van der Waals surface area contributed by atoms with Crippen molar-refractivity contribution < 1.29 is 13.2 Å². The smallest absolute Gasteiger partial charge is 0.354 e. The van der Waals surface area contributed by atoms with Crippen molar-refractivity contribution in [3.8, 4) is 22.4 Å². The van der Waals surface area contributed by atoms with E-state index in [-0.39, 0.29) is 0 Å². The minimum absolute atomic E-state index is 0.498. The second-order valence-corrected chi connectivity index (χ2v) is 5.74. The van der Waals surface area contributed by atoms with E-state index in [1.165, 1.54) is 12.1 Å². The molecule has 0 aliphatic carbocycles. The first kappa shape index (κ1) is 15.4. The number of alkyl halides is 3. The first-order valence-corrected chi connectivity index (χ1v) is 7.73. The summed E-state index contributed by atoms with van der Waals surface area (Å²) in [6.45, 7) is 0. The number of pyridine rings is 1. The molecule has 0 aliphatic heterocycles. The molecule has 0 saturated carbocycles. The van der Waals surface area contributed by atoms with E-state index in [4.69, 9.17) is 0 Å². The van der Waals surface area contributed by atoms with E-state index in [0.717, 1.165) is 28.1 Å². The minimum Gasteiger partial charge on any atom is -0.354 e. The fourth-order valence-corrected chi connectivity index (χ4v) is 3.03. The fourth-order valence-electron chi connectivity index (χ4n) is 3.03. The summed E-state index contributed by atoms with van der Waals surface area (Å²) in [6, 6.07) is 16.8. The van der Waals surface area contributed by atoms with Crippen LogP contribution in [0.1, 0.15) is 5.56 Å². The van der Waals surface area contributed by atoms with Crippen LogP contribution in [0.4, 0.5) is 13.2 Å². The average molecular weight is 338 g/mol. The Morgan fingerprint density at radius 2 is 1.56 bits per heavy atom. The zero-order valence-corrected chi connectivity index (χ0v) is 13.0. The highest BCUT2D eigenvalue weighted by Gasteiger charge is 2.30. The number of rotatable bonds is 2. The van der Waals surface area contributed by atoms with Crippen molar-refractivity contribution in [2.24, 2.45) is 0 Å². The van der Waals surface area contributed by atoms with Crippen LogP contribution in [-0.4, -0.2) is 9.97 Å². The number of fused-ring (bicyclic) bond motifs is 1. The maximum atomic E-state index is 13.1. The number of hydrogen-bond donors (Lipinski definition) is 1. The van der Waals surface area contributed by atoms with Crippen molar-refractivity contribution in [1.29, 1.82) is 0 Å². The van der Waals surface area contributed by atoms with E-state index in [1.807, 2.05) is 36.4 Å². The van der Waals surface area contributed by atoms with Crippen LogP contribution in [0.15, 0.2) is 73.1 Å². The predicted molar refractivity (Wildman–Crippen MR) is 92.0 cm³/mol. The normalized spacial score (nSPS) is 11.8. The summed E-state index contributed by atoms with van der Waals surface area (Å²) >= 11 is 0. The molecule has 4 aromatic rings. The molecule has 0 atom stereocenters. The molecule has 124 valence electrons. The first-order valence-electron chi connectivity index (χ1n) is 7.73. The maximum Gasteiger partial charge on any atom is 0.416 e. The van der Waals surface area contributed by atoms with E-state index < -0.39 is 11.7 Å². The second-order valence-electron chi connectivity index (χ2n) is 5.74. The van der Waals surface area contributed by atoms with Gasteiger partial charge in [0.2, 0.25) is 0 Å². The quantitative estimate of drug-likeness (QED) is 0.483. The maximum absolute atomic E-state index is 13.1. The van der Waals surface area contributed by atoms with Gasteiger partial charge in [0.05, 0.1) is 11.3 Å². The van der Waals surface area contributed by atoms with Crippen LogP contribution in [0, 0.1) is 0 Å². The Balaban J connectivity index is 2.00. The SMILES string of the molecule is FC(F)(F)c1cccc(-c2[nH]c3ccccc3c2-c2ccncc2)c1. The zero-order valence-electron chi connectivity index (χ0n) is 13.0. The van der Waals surface area contributed by atoms with Crippen LogP contribution in [0.2, 0.25) is 0 Å². The van der Waals surface area contributed by atoms with Gasteiger partial charge in [-0.15, -0.1) is 0 Å². The molecule has 5 heteroatoms. The summed E-state index contributed by atoms with van der Waals surface area (Å²) in [5, 5.41) is 0.959. The van der Waals surface area contributed by atoms with Crippen molar-refractivity contribution in [2.45, 2.75) is 6.18 Å². The van der Waals surface area contributed by atoms with Gasteiger partial charge in [-0.3, -0.25) is 4.98 Å². The summed E-state index contributed by atoms with van der Waals surface area (Å²) in [6.07, 6.45) is -1.03. The molecular formula is C20H13F3N2. The lowest BCUT2D eigenvalue weighted by Crippen LogP contribution is -2.04. The van der Waals surface area contributed by atoms with Crippen molar-refractivity contribution in [3.05, 3.63) is 78.6 Å². The molecule has 1 N–H and O–H groups in total. The van der Waals surface area contributed by atoms with Gasteiger partial charge in [0, 0.05) is 28.9 Å². The molecule has 0 radical (unpaired) electrons. The number of H-pyrrole nitrogens is 1. The van der Waals surface area contributed by atoms with Gasteiger partial charge in [-0.2, -0.15) is 13.2 Å². The fraction of sp³-hybridized carbons (Fsp3) is 0.0500. The molecule has 0 spiro atoms. The van der Waals surface area contributed by atoms with Crippen molar-refractivity contribution in [1.82, 2.24) is 9.97 Å². The Labute approximate surface area is 142 Å². The Bertz CT molecular complexity index is 1030. The van der Waals surface area contributed by atoms with Gasteiger partial charge in [-0.25, -0.2) is 0 Å². The van der Waals surface area contributed by atoms with Gasteiger partial charge in [-0.1, -0.05) is 30.3 Å². The Kier molecular flexibility index (Phi) is 3.57. The highest BCUT2D eigenvalue weighted by atomic mass is 19.4. The third-order valence-corrected chi connectivity index (χ3v) is 4.15. The van der Waals surface area contributed by atoms with E-state index in [2.05, 4.69) is 9.97 Å². The molecule has 0 saturated heterocycles. The molecule has 25 heavy (non-hydrogen) atoms. The lowest BCUT2D eigenvalue weighted by molar-refractivity contribution is -0.137. The van der Waals surface area contributed by atoms with Crippen LogP contribution < -0.4 is 0 Å². The van der Waals surface area contributed by atoms with Crippen LogP contribution >= 0.6 is 0 Å². The number of benzene rings is 2. The number of para-hydroxylation sites is 1. The molecule has 2 heterocycles. The number of halogens is 3. The van der Waals surface area contributed by atoms with Gasteiger partial charge in [0.25, 0.3) is 0 Å². The third kappa shape index (κ3) is 2.78. The van der Waals surface area contributed by atoms with Crippen LogP contribution in [0.3, 0.4) is 0 Å². The Hall–Kier alpha value is -3.08. The van der Waals surface area contributed by atoms with Gasteiger partial charge < -0.3 is 4.98 Å². The van der Waals surface area contributed by atoms with Crippen LogP contribution in [0.5, 0.6) is 0 Å². The summed E-state index contributed by atoms with van der Waals surface area (Å²) in [7, 11) is 0. The van der Waals surface area contributed by atoms with Gasteiger partial charge >= 0.3 is 6.18 Å². The number of nitrogens with one attached hydrogen (secondary N) is 1.